The van der Waals surface area contributed by atoms with Crippen molar-refractivity contribution in [2.24, 2.45) is 0 Å². The average Bonchev–Trinajstić information content (AvgIpc) is 2.89. The Hall–Kier alpha value is -2.21. The van der Waals surface area contributed by atoms with Crippen LogP contribution >= 0.6 is 11.6 Å². The molecule has 0 aliphatic heterocycles. The Kier molecular flexibility index (Phi) is 4.70. The summed E-state index contributed by atoms with van der Waals surface area (Å²) < 4.78 is 6.79. The van der Waals surface area contributed by atoms with Crippen LogP contribution in [-0.2, 0) is 11.3 Å². The normalized spacial score (nSPS) is 10.4. The van der Waals surface area contributed by atoms with Crippen LogP contribution in [0.3, 0.4) is 0 Å². The number of hydrogen-bond donors (Lipinski definition) is 2. The monoisotopic (exact) mass is 308 g/mol. The van der Waals surface area contributed by atoms with Crippen molar-refractivity contribution in [2.75, 3.05) is 17.7 Å². The lowest BCUT2D eigenvalue weighted by atomic mass is 10.1. The van der Waals surface area contributed by atoms with Gasteiger partial charge >= 0.3 is 5.97 Å². The number of rotatable bonds is 5. The van der Waals surface area contributed by atoms with Crippen molar-refractivity contribution in [1.29, 1.82) is 0 Å². The molecule has 0 fully saturated rings. The minimum absolute atomic E-state index is 0.276. The van der Waals surface area contributed by atoms with Crippen LogP contribution in [-0.4, -0.2) is 22.4 Å². The highest BCUT2D eigenvalue weighted by Gasteiger charge is 2.17. The third-order valence-electron chi connectivity index (χ3n) is 2.83. The first-order valence-corrected chi connectivity index (χ1v) is 6.98. The zero-order chi connectivity index (χ0) is 15.4. The number of halogens is 1. The second-order valence-electron chi connectivity index (χ2n) is 4.36. The highest BCUT2D eigenvalue weighted by atomic mass is 35.5. The first kappa shape index (κ1) is 15.2. The maximum atomic E-state index is 12.0. The molecule has 1 aromatic carbocycles. The number of nitrogens with one attached hydrogen (secondary N) is 1. The Labute approximate surface area is 127 Å². The summed E-state index contributed by atoms with van der Waals surface area (Å²) in [7, 11) is 0. The lowest BCUT2D eigenvalue weighted by molar-refractivity contribution is 0.0527. The van der Waals surface area contributed by atoms with Gasteiger partial charge in [-0.25, -0.2) is 4.79 Å². The minimum atomic E-state index is -0.475. The van der Waals surface area contributed by atoms with Crippen molar-refractivity contribution < 1.29 is 9.53 Å². The number of ether oxygens (including phenoxy) is 1. The van der Waals surface area contributed by atoms with E-state index in [9.17, 15) is 4.79 Å². The number of carbonyl (C=O) groups is 1. The predicted molar refractivity (Wildman–Crippen MR) is 83.0 cm³/mol. The van der Waals surface area contributed by atoms with Gasteiger partial charge in [0.05, 0.1) is 34.8 Å². The molecule has 1 aromatic heterocycles. The van der Waals surface area contributed by atoms with E-state index in [1.165, 1.54) is 6.07 Å². The lowest BCUT2D eigenvalue weighted by Crippen LogP contribution is -2.09. The molecule has 0 saturated carbocycles. The number of aryl methyl sites for hydroxylation is 1. The average molecular weight is 309 g/mol. The number of aromatic nitrogens is 2. The predicted octanol–water partition coefficient (Wildman–Crippen LogP) is 3.06. The van der Waals surface area contributed by atoms with Gasteiger partial charge in [0, 0.05) is 18.4 Å². The molecule has 2 rings (SSSR count). The molecule has 6 nitrogen and oxygen atoms in total. The van der Waals surface area contributed by atoms with E-state index in [-0.39, 0.29) is 6.61 Å². The zero-order valence-corrected chi connectivity index (χ0v) is 12.6. The highest BCUT2D eigenvalue weighted by Crippen LogP contribution is 2.32. The van der Waals surface area contributed by atoms with E-state index in [2.05, 4.69) is 10.4 Å². The van der Waals surface area contributed by atoms with Gasteiger partial charge in [-0.15, -0.1) is 0 Å². The number of nitrogens with two attached hydrogens (primary N) is 1. The molecule has 3 N–H and O–H groups in total. The molecule has 0 radical (unpaired) electrons. The van der Waals surface area contributed by atoms with Crippen LogP contribution in [0.2, 0.25) is 5.02 Å². The number of esters is 1. The summed E-state index contributed by atoms with van der Waals surface area (Å²) in [5.41, 5.74) is 7.63. The van der Waals surface area contributed by atoms with Crippen LogP contribution in [0.5, 0.6) is 0 Å². The fraction of sp³-hybridized carbons (Fsp3) is 0.286. The molecule has 0 aliphatic rings. The van der Waals surface area contributed by atoms with Crippen molar-refractivity contribution in [1.82, 2.24) is 9.78 Å². The van der Waals surface area contributed by atoms with Gasteiger partial charge in [0.25, 0.3) is 0 Å². The number of hydrogen-bond acceptors (Lipinski definition) is 5. The summed E-state index contributed by atoms with van der Waals surface area (Å²) in [5, 5.41) is 7.60. The number of carbonyl (C=O) groups excluding carboxylic acids is 1. The molecule has 2 aromatic rings. The van der Waals surface area contributed by atoms with Crippen molar-refractivity contribution >= 4 is 34.6 Å². The summed E-state index contributed by atoms with van der Waals surface area (Å²) in [5.74, 6) is -0.475. The van der Waals surface area contributed by atoms with Gasteiger partial charge in [-0.1, -0.05) is 11.6 Å². The summed E-state index contributed by atoms with van der Waals surface area (Å²) in [4.78, 5) is 12.0. The van der Waals surface area contributed by atoms with Crippen LogP contribution < -0.4 is 11.1 Å². The Morgan fingerprint density at radius 3 is 2.86 bits per heavy atom. The van der Waals surface area contributed by atoms with Crippen LogP contribution in [0.15, 0.2) is 24.5 Å². The van der Waals surface area contributed by atoms with Crippen LogP contribution in [0, 0.1) is 0 Å². The van der Waals surface area contributed by atoms with E-state index in [0.717, 1.165) is 12.2 Å². The maximum absolute atomic E-state index is 12.0. The largest absolute Gasteiger partial charge is 0.462 e. The van der Waals surface area contributed by atoms with Crippen LogP contribution in [0.25, 0.3) is 0 Å². The minimum Gasteiger partial charge on any atom is -0.462 e. The molecule has 0 amide bonds. The summed E-state index contributed by atoms with van der Waals surface area (Å²) in [6.45, 7) is 4.75. The molecular weight excluding hydrogens is 292 g/mol. The Morgan fingerprint density at radius 1 is 1.48 bits per heavy atom. The van der Waals surface area contributed by atoms with E-state index in [1.807, 2.05) is 13.1 Å². The zero-order valence-electron chi connectivity index (χ0n) is 11.9. The first-order valence-electron chi connectivity index (χ1n) is 6.60. The van der Waals surface area contributed by atoms with Gasteiger partial charge in [0.15, 0.2) is 0 Å². The second kappa shape index (κ2) is 6.49. The Morgan fingerprint density at radius 2 is 2.24 bits per heavy atom. The molecular formula is C14H17ClN4O2. The quantitative estimate of drug-likeness (QED) is 0.655. The topological polar surface area (TPSA) is 82.2 Å². The first-order chi connectivity index (χ1) is 10.0. The molecule has 0 spiro atoms. The number of nitrogen functional groups attached to an aromatic ring is 1. The van der Waals surface area contributed by atoms with E-state index in [1.54, 1.807) is 23.9 Å². The molecule has 0 aliphatic carbocycles. The van der Waals surface area contributed by atoms with Crippen molar-refractivity contribution in [3.05, 3.63) is 35.1 Å². The van der Waals surface area contributed by atoms with E-state index >= 15 is 0 Å². The lowest BCUT2D eigenvalue weighted by Gasteiger charge is -2.13. The molecule has 1 heterocycles. The molecule has 0 bridgehead atoms. The molecule has 0 saturated heterocycles. The standard InChI is InChI=1S/C14H17ClN4O2/c1-3-19-8-10(7-17-19)18-13-11(14(20)21-4-2)5-9(16)6-12(13)15/h5-8,18H,3-4,16H2,1-2H3. The summed E-state index contributed by atoms with van der Waals surface area (Å²) in [6, 6.07) is 3.12. The second-order valence-corrected chi connectivity index (χ2v) is 4.76. The van der Waals surface area contributed by atoms with Gasteiger partial charge in [-0.2, -0.15) is 5.10 Å². The number of anilines is 3. The molecule has 21 heavy (non-hydrogen) atoms. The van der Waals surface area contributed by atoms with Gasteiger partial charge in [0.1, 0.15) is 0 Å². The van der Waals surface area contributed by atoms with Gasteiger partial charge < -0.3 is 15.8 Å². The van der Waals surface area contributed by atoms with E-state index in [0.29, 0.717) is 22.0 Å². The third-order valence-corrected chi connectivity index (χ3v) is 3.13. The molecule has 112 valence electrons. The van der Waals surface area contributed by atoms with E-state index < -0.39 is 5.97 Å². The fourth-order valence-corrected chi connectivity index (χ4v) is 2.14. The maximum Gasteiger partial charge on any atom is 0.340 e. The van der Waals surface area contributed by atoms with Crippen LogP contribution in [0.1, 0.15) is 24.2 Å². The van der Waals surface area contributed by atoms with Crippen molar-refractivity contribution in [3.8, 4) is 0 Å². The van der Waals surface area contributed by atoms with E-state index in [4.69, 9.17) is 22.1 Å². The number of nitrogens with zero attached hydrogens (tertiary/aromatic N) is 2. The van der Waals surface area contributed by atoms with Gasteiger partial charge in [-0.05, 0) is 26.0 Å². The van der Waals surface area contributed by atoms with Crippen LogP contribution in [0.4, 0.5) is 17.1 Å². The van der Waals surface area contributed by atoms with Crippen molar-refractivity contribution in [3.63, 3.8) is 0 Å². The number of benzene rings is 1. The SMILES string of the molecule is CCOC(=O)c1cc(N)cc(Cl)c1Nc1cnn(CC)c1. The van der Waals surface area contributed by atoms with Crippen molar-refractivity contribution in [2.45, 2.75) is 20.4 Å². The Bertz CT molecular complexity index is 654. The molecule has 0 unspecified atom stereocenters. The Balaban J connectivity index is 2.38. The highest BCUT2D eigenvalue weighted by molar-refractivity contribution is 6.34. The summed E-state index contributed by atoms with van der Waals surface area (Å²) >= 11 is 6.19. The summed E-state index contributed by atoms with van der Waals surface area (Å²) in [6.07, 6.45) is 3.48. The third kappa shape index (κ3) is 3.46. The molecule has 0 atom stereocenters. The van der Waals surface area contributed by atoms with Gasteiger partial charge in [-0.3, -0.25) is 4.68 Å². The molecule has 7 heteroatoms. The van der Waals surface area contributed by atoms with Gasteiger partial charge in [0.2, 0.25) is 0 Å². The smallest absolute Gasteiger partial charge is 0.340 e. The fourth-order valence-electron chi connectivity index (χ4n) is 1.87.